The van der Waals surface area contributed by atoms with Crippen molar-refractivity contribution in [2.45, 2.75) is 26.2 Å². The minimum Gasteiger partial charge on any atom is -0.300 e. The lowest BCUT2D eigenvalue weighted by Gasteiger charge is -2.15. The van der Waals surface area contributed by atoms with E-state index in [9.17, 15) is 14.4 Å². The van der Waals surface area contributed by atoms with Gasteiger partial charge in [0.25, 0.3) is 0 Å². The van der Waals surface area contributed by atoms with E-state index in [0.717, 1.165) is 11.1 Å². The first-order valence-corrected chi connectivity index (χ1v) is 8.09. The molecule has 1 atom stereocenters. The Morgan fingerprint density at radius 3 is 2.00 bits per heavy atom. The van der Waals surface area contributed by atoms with Crippen LogP contribution in [-0.4, -0.2) is 22.7 Å². The monoisotopic (exact) mass is 339 g/mol. The lowest BCUT2D eigenvalue weighted by molar-refractivity contribution is -0.133. The van der Waals surface area contributed by atoms with Crippen molar-refractivity contribution in [2.24, 2.45) is 5.92 Å². The first-order chi connectivity index (χ1) is 12.0. The molecular formula is C20H21NO4. The van der Waals surface area contributed by atoms with E-state index in [0.29, 0.717) is 18.4 Å². The Balaban J connectivity index is 2.09. The summed E-state index contributed by atoms with van der Waals surface area (Å²) >= 11 is 0. The van der Waals surface area contributed by atoms with Gasteiger partial charge in [0, 0.05) is 11.5 Å². The van der Waals surface area contributed by atoms with Crippen molar-refractivity contribution >= 4 is 17.5 Å². The number of ketones is 2. The van der Waals surface area contributed by atoms with Crippen LogP contribution in [0.25, 0.3) is 0 Å². The predicted molar refractivity (Wildman–Crippen MR) is 93.3 cm³/mol. The molecule has 5 nitrogen and oxygen atoms in total. The molecule has 0 bridgehead atoms. The molecule has 0 radical (unpaired) electrons. The van der Waals surface area contributed by atoms with Gasteiger partial charge in [0.2, 0.25) is 5.91 Å². The maximum absolute atomic E-state index is 12.0. The van der Waals surface area contributed by atoms with Crippen LogP contribution in [0.5, 0.6) is 0 Å². The number of Topliss-reactive ketones (excluding diaryl/α,β-unsaturated/α-hetero) is 2. The van der Waals surface area contributed by atoms with Crippen molar-refractivity contribution in [3.05, 3.63) is 71.3 Å². The highest BCUT2D eigenvalue weighted by Crippen LogP contribution is 2.16. The van der Waals surface area contributed by atoms with Gasteiger partial charge in [-0.25, -0.2) is 5.48 Å². The second-order valence-electron chi connectivity index (χ2n) is 6.07. The maximum Gasteiger partial charge on any atom is 0.247 e. The van der Waals surface area contributed by atoms with Crippen molar-refractivity contribution in [1.29, 1.82) is 0 Å². The summed E-state index contributed by atoms with van der Waals surface area (Å²) in [5.74, 6) is -1.25. The molecule has 1 unspecified atom stereocenters. The molecule has 2 N–H and O–H groups in total. The van der Waals surface area contributed by atoms with Crippen LogP contribution in [-0.2, 0) is 22.4 Å². The number of carbonyl (C=O) groups excluding carboxylic acids is 3. The van der Waals surface area contributed by atoms with E-state index in [1.54, 1.807) is 29.7 Å². The van der Waals surface area contributed by atoms with Crippen molar-refractivity contribution in [1.82, 2.24) is 5.48 Å². The Hall–Kier alpha value is -2.79. The Morgan fingerprint density at radius 2 is 1.48 bits per heavy atom. The molecule has 0 heterocycles. The van der Waals surface area contributed by atoms with Crippen molar-refractivity contribution in [3.63, 3.8) is 0 Å². The smallest absolute Gasteiger partial charge is 0.247 e. The minimum atomic E-state index is -0.444. The number of benzene rings is 2. The largest absolute Gasteiger partial charge is 0.300 e. The highest BCUT2D eigenvalue weighted by molar-refractivity contribution is 6.07. The SMILES string of the molecule is CC(=O)CC(=O)c1ccc(CC(Cc2ccccc2)C(=O)NO)cc1. The lowest BCUT2D eigenvalue weighted by Crippen LogP contribution is -2.30. The molecule has 2 rings (SSSR count). The van der Waals surface area contributed by atoms with E-state index < -0.39 is 11.8 Å². The Kier molecular flexibility index (Phi) is 6.60. The zero-order chi connectivity index (χ0) is 18.2. The summed E-state index contributed by atoms with van der Waals surface area (Å²) in [6.07, 6.45) is 0.823. The molecule has 0 aromatic heterocycles. The number of hydrogen-bond donors (Lipinski definition) is 2. The van der Waals surface area contributed by atoms with Gasteiger partial charge in [0.1, 0.15) is 5.78 Å². The van der Waals surface area contributed by atoms with Gasteiger partial charge in [-0.05, 0) is 30.9 Å². The summed E-state index contributed by atoms with van der Waals surface area (Å²) in [7, 11) is 0. The number of nitrogens with one attached hydrogen (secondary N) is 1. The van der Waals surface area contributed by atoms with Crippen LogP contribution in [0.4, 0.5) is 0 Å². The van der Waals surface area contributed by atoms with Gasteiger partial charge in [-0.3, -0.25) is 19.6 Å². The third-order valence-electron chi connectivity index (χ3n) is 3.97. The normalized spacial score (nSPS) is 11.6. The van der Waals surface area contributed by atoms with Gasteiger partial charge in [-0.2, -0.15) is 0 Å². The van der Waals surface area contributed by atoms with Gasteiger partial charge in [-0.15, -0.1) is 0 Å². The zero-order valence-electron chi connectivity index (χ0n) is 14.1. The average Bonchev–Trinajstić information content (AvgIpc) is 2.61. The zero-order valence-corrected chi connectivity index (χ0v) is 14.1. The van der Waals surface area contributed by atoms with Crippen LogP contribution in [0.2, 0.25) is 0 Å². The maximum atomic E-state index is 12.0. The first kappa shape index (κ1) is 18.5. The van der Waals surface area contributed by atoms with E-state index in [2.05, 4.69) is 0 Å². The number of amides is 1. The molecule has 0 aliphatic rings. The standard InChI is InChI=1S/C20H21NO4/c1-14(22)11-19(23)17-9-7-16(8-10-17)13-18(20(24)21-25)12-15-5-3-2-4-6-15/h2-10,18,25H,11-13H2,1H3,(H,21,24). The average molecular weight is 339 g/mol. The fraction of sp³-hybridized carbons (Fsp3) is 0.250. The molecule has 0 saturated carbocycles. The van der Waals surface area contributed by atoms with Crippen LogP contribution in [0.15, 0.2) is 54.6 Å². The molecule has 5 heteroatoms. The molecule has 2 aromatic carbocycles. The Morgan fingerprint density at radius 1 is 0.920 bits per heavy atom. The van der Waals surface area contributed by atoms with Crippen LogP contribution in [0.3, 0.4) is 0 Å². The quantitative estimate of drug-likeness (QED) is 0.335. The third-order valence-corrected chi connectivity index (χ3v) is 3.97. The highest BCUT2D eigenvalue weighted by atomic mass is 16.5. The van der Waals surface area contributed by atoms with Gasteiger partial charge in [0.15, 0.2) is 5.78 Å². The Bertz CT molecular complexity index is 738. The van der Waals surface area contributed by atoms with E-state index >= 15 is 0 Å². The summed E-state index contributed by atoms with van der Waals surface area (Å²) in [5.41, 5.74) is 4.09. The van der Waals surface area contributed by atoms with Gasteiger partial charge in [-0.1, -0.05) is 54.6 Å². The molecule has 0 aliphatic carbocycles. The topological polar surface area (TPSA) is 83.5 Å². The fourth-order valence-electron chi connectivity index (χ4n) is 2.69. The molecule has 2 aromatic rings. The van der Waals surface area contributed by atoms with E-state index in [4.69, 9.17) is 5.21 Å². The summed E-state index contributed by atoms with van der Waals surface area (Å²) in [5, 5.41) is 8.99. The van der Waals surface area contributed by atoms with Crippen molar-refractivity contribution in [2.75, 3.05) is 0 Å². The number of carbonyl (C=O) groups is 3. The summed E-state index contributed by atoms with van der Waals surface area (Å²) in [6.45, 7) is 1.38. The second-order valence-corrected chi connectivity index (χ2v) is 6.07. The lowest BCUT2D eigenvalue weighted by atomic mass is 9.91. The number of rotatable bonds is 8. The molecule has 0 spiro atoms. The molecule has 0 saturated heterocycles. The van der Waals surface area contributed by atoms with Gasteiger partial charge < -0.3 is 0 Å². The third kappa shape index (κ3) is 5.65. The highest BCUT2D eigenvalue weighted by Gasteiger charge is 2.19. The van der Waals surface area contributed by atoms with Crippen molar-refractivity contribution < 1.29 is 19.6 Å². The predicted octanol–water partition coefficient (Wildman–Crippen LogP) is 2.76. The molecular weight excluding hydrogens is 318 g/mol. The number of hydroxylamine groups is 1. The molecule has 25 heavy (non-hydrogen) atoms. The first-order valence-electron chi connectivity index (χ1n) is 8.09. The molecule has 130 valence electrons. The molecule has 0 aliphatic heterocycles. The van der Waals surface area contributed by atoms with Crippen molar-refractivity contribution in [3.8, 4) is 0 Å². The molecule has 1 amide bonds. The van der Waals surface area contributed by atoms with Gasteiger partial charge in [0.05, 0.1) is 6.42 Å². The summed E-state index contributed by atoms with van der Waals surface area (Å²) in [6, 6.07) is 16.4. The van der Waals surface area contributed by atoms with E-state index in [1.165, 1.54) is 6.92 Å². The van der Waals surface area contributed by atoms with E-state index in [-0.39, 0.29) is 18.0 Å². The van der Waals surface area contributed by atoms with Crippen LogP contribution >= 0.6 is 0 Å². The summed E-state index contributed by atoms with van der Waals surface area (Å²) in [4.78, 5) is 34.9. The second kappa shape index (κ2) is 8.89. The van der Waals surface area contributed by atoms with Crippen LogP contribution < -0.4 is 5.48 Å². The molecule has 0 fully saturated rings. The van der Waals surface area contributed by atoms with E-state index in [1.807, 2.05) is 30.3 Å². The summed E-state index contributed by atoms with van der Waals surface area (Å²) < 4.78 is 0. The fourth-order valence-corrected chi connectivity index (χ4v) is 2.69. The minimum absolute atomic E-state index is 0.108. The van der Waals surface area contributed by atoms with Crippen LogP contribution in [0.1, 0.15) is 34.8 Å². The Labute approximate surface area is 146 Å². The number of hydrogen-bond acceptors (Lipinski definition) is 4. The van der Waals surface area contributed by atoms with Crippen LogP contribution in [0, 0.1) is 5.92 Å². The van der Waals surface area contributed by atoms with Gasteiger partial charge >= 0.3 is 0 Å².